The molecule has 1 aliphatic heterocycles. The molecule has 0 amide bonds. The number of benzene rings is 2. The van der Waals surface area contributed by atoms with Crippen LogP contribution in [0.1, 0.15) is 25.3 Å². The van der Waals surface area contributed by atoms with E-state index in [1.54, 1.807) is 7.11 Å². The van der Waals surface area contributed by atoms with Crippen LogP contribution in [0.5, 0.6) is 5.75 Å². The van der Waals surface area contributed by atoms with Crippen molar-refractivity contribution < 1.29 is 9.84 Å². The van der Waals surface area contributed by atoms with Gasteiger partial charge in [-0.3, -0.25) is 0 Å². The number of likely N-dealkylation sites (tertiary alicyclic amines) is 1. The minimum absolute atomic E-state index is 0.228. The molecule has 1 saturated heterocycles. The number of rotatable bonds is 7. The second-order valence-electron chi connectivity index (χ2n) is 7.19. The lowest BCUT2D eigenvalue weighted by Crippen LogP contribution is -2.40. The van der Waals surface area contributed by atoms with Crippen molar-refractivity contribution in [1.82, 2.24) is 10.2 Å². The van der Waals surface area contributed by atoms with E-state index in [0.29, 0.717) is 5.92 Å². The molecular formula is C21H30N2O2. The van der Waals surface area contributed by atoms with E-state index in [2.05, 4.69) is 46.6 Å². The average Bonchev–Trinajstić information content (AvgIpc) is 2.63. The minimum atomic E-state index is -0.228. The van der Waals surface area contributed by atoms with E-state index in [1.807, 2.05) is 6.92 Å². The average molecular weight is 342 g/mol. The van der Waals surface area contributed by atoms with Gasteiger partial charge in [0.15, 0.2) is 0 Å². The number of nitrogens with one attached hydrogen (secondary N) is 1. The molecule has 1 atom stereocenters. The summed E-state index contributed by atoms with van der Waals surface area (Å²) in [5.74, 6) is 1.67. The molecule has 1 unspecified atom stereocenters. The molecule has 136 valence electrons. The maximum Gasteiger partial charge on any atom is 0.123 e. The monoisotopic (exact) mass is 342 g/mol. The van der Waals surface area contributed by atoms with Crippen LogP contribution in [0.2, 0.25) is 0 Å². The van der Waals surface area contributed by atoms with Gasteiger partial charge in [-0.05, 0) is 62.2 Å². The lowest BCUT2D eigenvalue weighted by Gasteiger charge is -2.32. The zero-order valence-corrected chi connectivity index (χ0v) is 15.4. The van der Waals surface area contributed by atoms with Crippen molar-refractivity contribution in [2.45, 2.75) is 32.4 Å². The topological polar surface area (TPSA) is 44.7 Å². The van der Waals surface area contributed by atoms with Crippen molar-refractivity contribution in [2.24, 2.45) is 5.92 Å². The summed E-state index contributed by atoms with van der Waals surface area (Å²) in [4.78, 5) is 2.37. The van der Waals surface area contributed by atoms with E-state index in [9.17, 15) is 5.11 Å². The summed E-state index contributed by atoms with van der Waals surface area (Å²) < 4.78 is 5.58. The number of piperidine rings is 1. The summed E-state index contributed by atoms with van der Waals surface area (Å²) in [6.45, 7) is 6.72. The predicted octanol–water partition coefficient (Wildman–Crippen LogP) is 3.03. The largest absolute Gasteiger partial charge is 0.496 e. The summed E-state index contributed by atoms with van der Waals surface area (Å²) >= 11 is 0. The van der Waals surface area contributed by atoms with E-state index in [4.69, 9.17) is 4.74 Å². The van der Waals surface area contributed by atoms with E-state index < -0.39 is 0 Å². The lowest BCUT2D eigenvalue weighted by molar-refractivity contribution is 0.0998. The first-order valence-electron chi connectivity index (χ1n) is 9.33. The highest BCUT2D eigenvalue weighted by atomic mass is 16.5. The van der Waals surface area contributed by atoms with Crippen molar-refractivity contribution in [3.8, 4) is 5.75 Å². The highest BCUT2D eigenvalue weighted by molar-refractivity contribution is 5.87. The number of β-amino-alcohol motifs (C(OH)–C–C–N with tert-alkyl or cyclic N) is 1. The van der Waals surface area contributed by atoms with Gasteiger partial charge in [-0.1, -0.05) is 30.3 Å². The van der Waals surface area contributed by atoms with Crippen LogP contribution in [-0.4, -0.2) is 49.4 Å². The van der Waals surface area contributed by atoms with Crippen LogP contribution in [0.25, 0.3) is 10.8 Å². The zero-order valence-electron chi connectivity index (χ0n) is 15.4. The van der Waals surface area contributed by atoms with Crippen molar-refractivity contribution in [2.75, 3.05) is 33.3 Å². The van der Waals surface area contributed by atoms with Gasteiger partial charge in [0.05, 0.1) is 13.2 Å². The Morgan fingerprint density at radius 1 is 1.20 bits per heavy atom. The van der Waals surface area contributed by atoms with Gasteiger partial charge < -0.3 is 20.1 Å². The van der Waals surface area contributed by atoms with Crippen LogP contribution in [0.15, 0.2) is 36.4 Å². The van der Waals surface area contributed by atoms with Crippen LogP contribution in [0, 0.1) is 5.92 Å². The van der Waals surface area contributed by atoms with Crippen LogP contribution in [0.4, 0.5) is 0 Å². The molecule has 0 spiro atoms. The number of nitrogens with zero attached hydrogens (tertiary/aromatic N) is 1. The molecule has 0 bridgehead atoms. The summed E-state index contributed by atoms with van der Waals surface area (Å²) in [7, 11) is 1.74. The summed E-state index contributed by atoms with van der Waals surface area (Å²) in [5, 5.41) is 15.7. The molecule has 3 rings (SSSR count). The molecule has 1 heterocycles. The molecule has 1 aliphatic rings. The first-order chi connectivity index (χ1) is 12.2. The van der Waals surface area contributed by atoms with Gasteiger partial charge in [-0.15, -0.1) is 0 Å². The smallest absolute Gasteiger partial charge is 0.123 e. The molecule has 0 aliphatic carbocycles. The summed E-state index contributed by atoms with van der Waals surface area (Å²) in [6, 6.07) is 12.7. The van der Waals surface area contributed by atoms with Crippen molar-refractivity contribution >= 4 is 10.8 Å². The van der Waals surface area contributed by atoms with Crippen molar-refractivity contribution in [1.29, 1.82) is 0 Å². The Labute approximate surface area is 150 Å². The third kappa shape index (κ3) is 4.72. The first-order valence-corrected chi connectivity index (χ1v) is 9.33. The van der Waals surface area contributed by atoms with Gasteiger partial charge in [0.1, 0.15) is 5.75 Å². The Kier molecular flexibility index (Phi) is 6.29. The molecule has 2 N–H and O–H groups in total. The number of fused-ring (bicyclic) bond motifs is 1. The quantitative estimate of drug-likeness (QED) is 0.812. The van der Waals surface area contributed by atoms with Gasteiger partial charge in [-0.2, -0.15) is 0 Å². The Morgan fingerprint density at radius 2 is 1.96 bits per heavy atom. The maximum absolute atomic E-state index is 9.51. The number of aliphatic hydroxyl groups is 1. The number of ether oxygens (including phenoxy) is 1. The van der Waals surface area contributed by atoms with Gasteiger partial charge in [0.2, 0.25) is 0 Å². The molecule has 2 aromatic rings. The van der Waals surface area contributed by atoms with E-state index in [1.165, 1.54) is 29.2 Å². The standard InChI is InChI=1S/C21H30N2O2/c1-16(24)15-23-11-9-17(10-12-23)13-22-14-20-19-6-4-3-5-18(19)7-8-21(20)25-2/h3-8,16-17,22,24H,9-15H2,1-2H3. The fraction of sp³-hybridized carbons (Fsp3) is 0.524. The van der Waals surface area contributed by atoms with Gasteiger partial charge >= 0.3 is 0 Å². The van der Waals surface area contributed by atoms with Crippen LogP contribution in [0.3, 0.4) is 0 Å². The molecule has 4 heteroatoms. The molecule has 0 aromatic heterocycles. The van der Waals surface area contributed by atoms with Gasteiger partial charge in [0.25, 0.3) is 0 Å². The molecular weight excluding hydrogens is 312 g/mol. The fourth-order valence-corrected chi connectivity index (χ4v) is 3.84. The highest BCUT2D eigenvalue weighted by Gasteiger charge is 2.20. The number of hydrogen-bond donors (Lipinski definition) is 2. The lowest BCUT2D eigenvalue weighted by atomic mass is 9.96. The third-order valence-electron chi connectivity index (χ3n) is 5.18. The van der Waals surface area contributed by atoms with Gasteiger partial charge in [0, 0.05) is 18.7 Å². The minimum Gasteiger partial charge on any atom is -0.496 e. The number of aliphatic hydroxyl groups excluding tert-OH is 1. The SMILES string of the molecule is COc1ccc2ccccc2c1CNCC1CCN(CC(C)O)CC1. The molecule has 0 radical (unpaired) electrons. The molecule has 2 aromatic carbocycles. The number of methoxy groups -OCH3 is 1. The Balaban J connectivity index is 1.55. The molecule has 4 nitrogen and oxygen atoms in total. The predicted molar refractivity (Wildman–Crippen MR) is 103 cm³/mol. The van der Waals surface area contributed by atoms with Crippen LogP contribution in [-0.2, 0) is 6.54 Å². The van der Waals surface area contributed by atoms with Gasteiger partial charge in [-0.25, -0.2) is 0 Å². The third-order valence-corrected chi connectivity index (χ3v) is 5.18. The second-order valence-corrected chi connectivity index (χ2v) is 7.19. The van der Waals surface area contributed by atoms with E-state index in [-0.39, 0.29) is 6.10 Å². The van der Waals surface area contributed by atoms with E-state index in [0.717, 1.165) is 38.5 Å². The number of hydrogen-bond acceptors (Lipinski definition) is 4. The molecule has 0 saturated carbocycles. The molecule has 1 fully saturated rings. The Morgan fingerprint density at radius 3 is 2.68 bits per heavy atom. The zero-order chi connectivity index (χ0) is 17.6. The molecule has 25 heavy (non-hydrogen) atoms. The maximum atomic E-state index is 9.51. The summed E-state index contributed by atoms with van der Waals surface area (Å²) in [5.41, 5.74) is 1.24. The highest BCUT2D eigenvalue weighted by Crippen LogP contribution is 2.28. The van der Waals surface area contributed by atoms with Crippen molar-refractivity contribution in [3.05, 3.63) is 42.0 Å². The van der Waals surface area contributed by atoms with Crippen LogP contribution < -0.4 is 10.1 Å². The van der Waals surface area contributed by atoms with Crippen molar-refractivity contribution in [3.63, 3.8) is 0 Å². The Bertz CT molecular complexity index is 679. The first kappa shape index (κ1) is 18.2. The second kappa shape index (κ2) is 8.65. The Hall–Kier alpha value is -1.62. The summed E-state index contributed by atoms with van der Waals surface area (Å²) in [6.07, 6.45) is 2.17. The fourth-order valence-electron chi connectivity index (χ4n) is 3.84. The van der Waals surface area contributed by atoms with Crippen LogP contribution >= 0.6 is 0 Å². The normalized spacial score (nSPS) is 17.7. The van der Waals surface area contributed by atoms with E-state index >= 15 is 0 Å².